The van der Waals surface area contributed by atoms with E-state index in [2.05, 4.69) is 19.1 Å². The van der Waals surface area contributed by atoms with Crippen molar-refractivity contribution in [3.8, 4) is 0 Å². The number of hydrogen-bond donors (Lipinski definition) is 1. The Morgan fingerprint density at radius 1 is 1.18 bits per heavy atom. The summed E-state index contributed by atoms with van der Waals surface area (Å²) in [4.78, 5) is 0. The fraction of sp³-hybridized carbons (Fsp3) is 0.857. The summed E-state index contributed by atoms with van der Waals surface area (Å²) in [5.41, 5.74) is 5.59. The molecule has 2 aliphatic rings. The van der Waals surface area contributed by atoms with Crippen LogP contribution < -0.4 is 5.73 Å². The number of rotatable bonds is 5. The van der Waals surface area contributed by atoms with Crippen LogP contribution in [-0.4, -0.2) is 32.0 Å². The highest BCUT2D eigenvalue weighted by atomic mass is 16.5. The summed E-state index contributed by atoms with van der Waals surface area (Å²) in [6, 6.07) is 0. The van der Waals surface area contributed by atoms with Crippen LogP contribution in [0.1, 0.15) is 32.6 Å². The topological polar surface area (TPSA) is 44.5 Å². The van der Waals surface area contributed by atoms with Gasteiger partial charge in [0, 0.05) is 6.54 Å². The van der Waals surface area contributed by atoms with Crippen LogP contribution >= 0.6 is 0 Å². The lowest BCUT2D eigenvalue weighted by Gasteiger charge is -2.25. The number of allylic oxidation sites excluding steroid dienone is 2. The van der Waals surface area contributed by atoms with E-state index in [1.54, 1.807) is 0 Å². The standard InChI is InChI=1S/C14H25NO2/c1-11-4-2-3-5-12(11)9-16-10-14-7-6-13(8-15)17-14/h2-3,11-14H,4-10,15H2,1H3. The normalized spacial score (nSPS) is 37.5. The molecule has 0 saturated carbocycles. The van der Waals surface area contributed by atoms with E-state index in [0.717, 1.165) is 38.4 Å². The van der Waals surface area contributed by atoms with Gasteiger partial charge in [-0.05, 0) is 37.5 Å². The fourth-order valence-corrected chi connectivity index (χ4v) is 2.67. The van der Waals surface area contributed by atoms with E-state index in [0.29, 0.717) is 12.5 Å². The van der Waals surface area contributed by atoms with Crippen molar-refractivity contribution >= 4 is 0 Å². The Morgan fingerprint density at radius 3 is 2.65 bits per heavy atom. The van der Waals surface area contributed by atoms with Gasteiger partial charge < -0.3 is 15.2 Å². The molecule has 17 heavy (non-hydrogen) atoms. The third kappa shape index (κ3) is 3.80. The molecule has 1 heterocycles. The number of nitrogens with two attached hydrogens (primary N) is 1. The van der Waals surface area contributed by atoms with Crippen LogP contribution in [0.3, 0.4) is 0 Å². The maximum absolute atomic E-state index is 5.82. The van der Waals surface area contributed by atoms with Crippen molar-refractivity contribution in [1.82, 2.24) is 0 Å². The molecule has 4 unspecified atom stereocenters. The Balaban J connectivity index is 1.61. The first-order chi connectivity index (χ1) is 8.29. The van der Waals surface area contributed by atoms with Crippen LogP contribution in [0.5, 0.6) is 0 Å². The number of hydrogen-bond acceptors (Lipinski definition) is 3. The van der Waals surface area contributed by atoms with Gasteiger partial charge in [-0.25, -0.2) is 0 Å². The molecule has 1 aliphatic carbocycles. The second-order valence-electron chi connectivity index (χ2n) is 5.41. The molecule has 0 amide bonds. The summed E-state index contributed by atoms with van der Waals surface area (Å²) in [6.45, 7) is 4.57. The average molecular weight is 239 g/mol. The van der Waals surface area contributed by atoms with E-state index in [1.807, 2.05) is 0 Å². The van der Waals surface area contributed by atoms with Gasteiger partial charge in [0.15, 0.2) is 0 Å². The number of ether oxygens (including phenoxy) is 2. The Kier molecular flexibility index (Phi) is 5.01. The maximum Gasteiger partial charge on any atom is 0.0813 e. The summed E-state index contributed by atoms with van der Waals surface area (Å²) in [5.74, 6) is 1.44. The molecular formula is C14H25NO2. The molecule has 0 bridgehead atoms. The average Bonchev–Trinajstić information content (AvgIpc) is 2.80. The summed E-state index contributed by atoms with van der Waals surface area (Å²) in [7, 11) is 0. The Bertz CT molecular complexity index is 255. The van der Waals surface area contributed by atoms with Crippen LogP contribution in [0, 0.1) is 11.8 Å². The van der Waals surface area contributed by atoms with Crippen molar-refractivity contribution in [2.45, 2.75) is 44.8 Å². The summed E-state index contributed by atoms with van der Waals surface area (Å²) in [6.07, 6.45) is 9.66. The minimum atomic E-state index is 0.264. The Morgan fingerprint density at radius 2 is 1.94 bits per heavy atom. The van der Waals surface area contributed by atoms with Gasteiger partial charge >= 0.3 is 0 Å². The third-order valence-electron chi connectivity index (χ3n) is 4.01. The highest BCUT2D eigenvalue weighted by Gasteiger charge is 2.25. The van der Waals surface area contributed by atoms with Crippen molar-refractivity contribution in [2.24, 2.45) is 17.6 Å². The molecule has 98 valence electrons. The van der Waals surface area contributed by atoms with Gasteiger partial charge in [0.2, 0.25) is 0 Å². The first-order valence-electron chi connectivity index (χ1n) is 6.88. The summed E-state index contributed by atoms with van der Waals surface area (Å²) in [5, 5.41) is 0. The SMILES string of the molecule is CC1CC=CCC1COCC1CCC(CN)O1. The highest BCUT2D eigenvalue weighted by molar-refractivity contribution is 4.93. The zero-order chi connectivity index (χ0) is 12.1. The predicted molar refractivity (Wildman–Crippen MR) is 68.8 cm³/mol. The van der Waals surface area contributed by atoms with E-state index in [-0.39, 0.29) is 12.2 Å². The Labute approximate surface area is 104 Å². The molecular weight excluding hydrogens is 214 g/mol. The smallest absolute Gasteiger partial charge is 0.0813 e. The summed E-state index contributed by atoms with van der Waals surface area (Å²) < 4.78 is 11.6. The lowest BCUT2D eigenvalue weighted by Crippen LogP contribution is -2.25. The summed E-state index contributed by atoms with van der Waals surface area (Å²) >= 11 is 0. The van der Waals surface area contributed by atoms with Crippen LogP contribution in [0.25, 0.3) is 0 Å². The first kappa shape index (κ1) is 13.1. The highest BCUT2D eigenvalue weighted by Crippen LogP contribution is 2.25. The molecule has 3 heteroatoms. The molecule has 0 spiro atoms. The molecule has 4 atom stereocenters. The molecule has 1 fully saturated rings. The van der Waals surface area contributed by atoms with E-state index in [9.17, 15) is 0 Å². The lowest BCUT2D eigenvalue weighted by atomic mass is 9.85. The molecule has 3 nitrogen and oxygen atoms in total. The molecule has 1 aliphatic heterocycles. The molecule has 0 aromatic rings. The minimum Gasteiger partial charge on any atom is -0.378 e. The van der Waals surface area contributed by atoms with E-state index < -0.39 is 0 Å². The molecule has 0 aromatic carbocycles. The van der Waals surface area contributed by atoms with Gasteiger partial charge in [0.05, 0.1) is 25.4 Å². The van der Waals surface area contributed by atoms with Crippen LogP contribution in [0.2, 0.25) is 0 Å². The second kappa shape index (κ2) is 6.53. The van der Waals surface area contributed by atoms with Gasteiger partial charge in [0.1, 0.15) is 0 Å². The fourth-order valence-electron chi connectivity index (χ4n) is 2.67. The monoisotopic (exact) mass is 239 g/mol. The quantitative estimate of drug-likeness (QED) is 0.747. The Hall–Kier alpha value is -0.380. The zero-order valence-corrected chi connectivity index (χ0v) is 10.8. The predicted octanol–water partition coefficient (Wildman–Crippen LogP) is 2.11. The second-order valence-corrected chi connectivity index (χ2v) is 5.41. The zero-order valence-electron chi connectivity index (χ0n) is 10.8. The van der Waals surface area contributed by atoms with Crippen molar-refractivity contribution in [3.63, 3.8) is 0 Å². The maximum atomic E-state index is 5.82. The van der Waals surface area contributed by atoms with Crippen LogP contribution in [-0.2, 0) is 9.47 Å². The lowest BCUT2D eigenvalue weighted by molar-refractivity contribution is -0.0243. The molecule has 0 aromatic heterocycles. The molecule has 2 rings (SSSR count). The van der Waals surface area contributed by atoms with Crippen LogP contribution in [0.4, 0.5) is 0 Å². The molecule has 0 radical (unpaired) electrons. The minimum absolute atomic E-state index is 0.264. The first-order valence-corrected chi connectivity index (χ1v) is 6.88. The largest absolute Gasteiger partial charge is 0.378 e. The van der Waals surface area contributed by atoms with Crippen molar-refractivity contribution in [3.05, 3.63) is 12.2 Å². The molecule has 2 N–H and O–H groups in total. The van der Waals surface area contributed by atoms with Crippen molar-refractivity contribution < 1.29 is 9.47 Å². The van der Waals surface area contributed by atoms with E-state index in [1.165, 1.54) is 6.42 Å². The van der Waals surface area contributed by atoms with Crippen LogP contribution in [0.15, 0.2) is 12.2 Å². The van der Waals surface area contributed by atoms with E-state index >= 15 is 0 Å². The third-order valence-corrected chi connectivity index (χ3v) is 4.01. The van der Waals surface area contributed by atoms with Gasteiger partial charge in [-0.2, -0.15) is 0 Å². The molecule has 1 saturated heterocycles. The van der Waals surface area contributed by atoms with Crippen molar-refractivity contribution in [1.29, 1.82) is 0 Å². The van der Waals surface area contributed by atoms with Gasteiger partial charge in [-0.15, -0.1) is 0 Å². The van der Waals surface area contributed by atoms with Gasteiger partial charge in [0.25, 0.3) is 0 Å². The van der Waals surface area contributed by atoms with E-state index in [4.69, 9.17) is 15.2 Å². The van der Waals surface area contributed by atoms with Gasteiger partial charge in [-0.1, -0.05) is 19.1 Å². The van der Waals surface area contributed by atoms with Gasteiger partial charge in [-0.3, -0.25) is 0 Å². The van der Waals surface area contributed by atoms with Crippen molar-refractivity contribution in [2.75, 3.05) is 19.8 Å².